The molecule has 0 aromatic heterocycles. The van der Waals surface area contributed by atoms with Crippen molar-refractivity contribution in [2.24, 2.45) is 0 Å². The third-order valence-electron chi connectivity index (χ3n) is 1.83. The quantitative estimate of drug-likeness (QED) is 0.447. The Morgan fingerprint density at radius 2 is 0.800 bits per heavy atom. The summed E-state index contributed by atoms with van der Waals surface area (Å²) in [4.78, 5) is 0. The van der Waals surface area contributed by atoms with E-state index in [9.17, 15) is 0 Å². The second-order valence-electron chi connectivity index (χ2n) is 2.79. The van der Waals surface area contributed by atoms with E-state index in [0.717, 1.165) is 0 Å². The minimum Gasteiger partial charge on any atom is -0.0919 e. The van der Waals surface area contributed by atoms with E-state index >= 15 is 0 Å². The van der Waals surface area contributed by atoms with Crippen LogP contribution in [0.25, 0.3) is 0 Å². The lowest BCUT2D eigenvalue weighted by Gasteiger charge is -2.05. The highest BCUT2D eigenvalue weighted by Gasteiger charge is 1.95. The van der Waals surface area contributed by atoms with Gasteiger partial charge in [0.2, 0.25) is 0 Å². The van der Waals surface area contributed by atoms with Gasteiger partial charge in [-0.15, -0.1) is 0 Å². The van der Waals surface area contributed by atoms with Gasteiger partial charge in [0, 0.05) is 0 Å². The Balaban J connectivity index is 0.000000180. The Morgan fingerprint density at radius 1 is 0.600 bits per heavy atom. The molecule has 0 atom stereocenters. The summed E-state index contributed by atoms with van der Waals surface area (Å²) < 4.78 is 0. The van der Waals surface area contributed by atoms with Crippen LogP contribution in [0.3, 0.4) is 0 Å². The minimum atomic E-state index is 1.50. The molecule has 0 aromatic rings. The fourth-order valence-electron chi connectivity index (χ4n) is 1.06. The van der Waals surface area contributed by atoms with E-state index < -0.39 is 0 Å². The van der Waals surface area contributed by atoms with Crippen LogP contribution in [0.15, 0.2) is 12.2 Å². The second-order valence-corrected chi connectivity index (χ2v) is 2.79. The monoisotopic (exact) mass is 140 g/mol. The standard InChI is InChI=1S/C6H12.C4H8/c1-2-4-6-5-3-1;1-3-4-2/h1-6H2;3-4H,1-2H3. The van der Waals surface area contributed by atoms with Crippen LogP contribution in [0.5, 0.6) is 0 Å². The fourth-order valence-corrected chi connectivity index (χ4v) is 1.06. The number of hydrogen-bond acceptors (Lipinski definition) is 0. The van der Waals surface area contributed by atoms with Crippen LogP contribution in [-0.4, -0.2) is 0 Å². The summed E-state index contributed by atoms with van der Waals surface area (Å²) in [7, 11) is 0. The van der Waals surface area contributed by atoms with Crippen LogP contribution < -0.4 is 0 Å². The Morgan fingerprint density at radius 3 is 0.900 bits per heavy atom. The summed E-state index contributed by atoms with van der Waals surface area (Å²) in [6, 6.07) is 0. The third-order valence-corrected chi connectivity index (χ3v) is 1.83. The van der Waals surface area contributed by atoms with Gasteiger partial charge in [0.1, 0.15) is 0 Å². The average molecular weight is 140 g/mol. The third kappa shape index (κ3) is 7.74. The molecule has 0 saturated heterocycles. The molecular formula is C10H20. The predicted octanol–water partition coefficient (Wildman–Crippen LogP) is 3.92. The zero-order valence-corrected chi connectivity index (χ0v) is 7.40. The largest absolute Gasteiger partial charge is 0.0919 e. The molecule has 1 aliphatic rings. The summed E-state index contributed by atoms with van der Waals surface area (Å²) in [5.41, 5.74) is 0. The van der Waals surface area contributed by atoms with Crippen molar-refractivity contribution in [1.82, 2.24) is 0 Å². The maximum atomic E-state index is 2.00. The lowest BCUT2D eigenvalue weighted by atomic mass is 10.0. The minimum absolute atomic E-state index is 1.50. The van der Waals surface area contributed by atoms with Gasteiger partial charge in [-0.2, -0.15) is 0 Å². The lowest BCUT2D eigenvalue weighted by molar-refractivity contribution is 0.504. The van der Waals surface area contributed by atoms with E-state index in [4.69, 9.17) is 0 Å². The van der Waals surface area contributed by atoms with Crippen molar-refractivity contribution < 1.29 is 0 Å². The van der Waals surface area contributed by atoms with Gasteiger partial charge in [-0.3, -0.25) is 0 Å². The maximum absolute atomic E-state index is 2.00. The fraction of sp³-hybridized carbons (Fsp3) is 0.800. The van der Waals surface area contributed by atoms with Crippen molar-refractivity contribution in [3.8, 4) is 0 Å². The summed E-state index contributed by atoms with van der Waals surface area (Å²) >= 11 is 0. The average Bonchev–Trinajstić information content (AvgIpc) is 2.08. The van der Waals surface area contributed by atoms with Crippen LogP contribution in [0, 0.1) is 0 Å². The van der Waals surface area contributed by atoms with E-state index in [2.05, 4.69) is 0 Å². The normalized spacial score (nSPS) is 18.2. The number of allylic oxidation sites excluding steroid dienone is 2. The van der Waals surface area contributed by atoms with Crippen molar-refractivity contribution in [2.45, 2.75) is 52.4 Å². The number of hydrogen-bond donors (Lipinski definition) is 0. The Labute approximate surface area is 65.3 Å². The van der Waals surface area contributed by atoms with Gasteiger partial charge in [0.05, 0.1) is 0 Å². The molecule has 0 aromatic carbocycles. The van der Waals surface area contributed by atoms with Gasteiger partial charge in [-0.05, 0) is 13.8 Å². The molecule has 0 radical (unpaired) electrons. The maximum Gasteiger partial charge on any atom is -0.0470 e. The lowest BCUT2D eigenvalue weighted by Crippen LogP contribution is -1.85. The zero-order chi connectivity index (χ0) is 7.66. The van der Waals surface area contributed by atoms with Gasteiger partial charge in [-0.25, -0.2) is 0 Å². The van der Waals surface area contributed by atoms with Crippen molar-refractivity contribution in [3.05, 3.63) is 12.2 Å². The molecule has 0 amide bonds. The molecule has 0 heteroatoms. The first-order valence-corrected chi connectivity index (χ1v) is 4.49. The highest BCUT2D eigenvalue weighted by atomic mass is 14.0. The highest BCUT2D eigenvalue weighted by Crippen LogP contribution is 2.15. The Bertz CT molecular complexity index is 52.6. The molecule has 0 bridgehead atoms. The molecule has 0 nitrogen and oxygen atoms in total. The van der Waals surface area contributed by atoms with Gasteiger partial charge in [0.15, 0.2) is 0 Å². The van der Waals surface area contributed by atoms with Crippen molar-refractivity contribution >= 4 is 0 Å². The second kappa shape index (κ2) is 8.74. The molecule has 60 valence electrons. The molecule has 0 unspecified atom stereocenters. The molecule has 0 N–H and O–H groups in total. The molecule has 1 aliphatic carbocycles. The first-order chi connectivity index (χ1) is 4.91. The van der Waals surface area contributed by atoms with Crippen molar-refractivity contribution in [3.63, 3.8) is 0 Å². The molecule has 0 heterocycles. The summed E-state index contributed by atoms with van der Waals surface area (Å²) in [5, 5.41) is 0. The molecule has 0 spiro atoms. The van der Waals surface area contributed by atoms with Gasteiger partial charge in [0.25, 0.3) is 0 Å². The van der Waals surface area contributed by atoms with Gasteiger partial charge >= 0.3 is 0 Å². The van der Waals surface area contributed by atoms with Gasteiger partial charge < -0.3 is 0 Å². The van der Waals surface area contributed by atoms with Crippen LogP contribution >= 0.6 is 0 Å². The molecule has 1 saturated carbocycles. The zero-order valence-electron chi connectivity index (χ0n) is 7.40. The summed E-state index contributed by atoms with van der Waals surface area (Å²) in [6.07, 6.45) is 13.0. The smallest absolute Gasteiger partial charge is 0.0470 e. The highest BCUT2D eigenvalue weighted by molar-refractivity contribution is 4.68. The van der Waals surface area contributed by atoms with Gasteiger partial charge in [-0.1, -0.05) is 50.7 Å². The Kier molecular flexibility index (Phi) is 8.51. The van der Waals surface area contributed by atoms with Crippen LogP contribution in [0.1, 0.15) is 52.4 Å². The Hall–Kier alpha value is -0.260. The number of rotatable bonds is 0. The summed E-state index contributed by atoms with van der Waals surface area (Å²) in [6.45, 7) is 4.00. The predicted molar refractivity (Wildman–Crippen MR) is 48.2 cm³/mol. The molecular weight excluding hydrogens is 120 g/mol. The molecule has 1 rings (SSSR count). The molecule has 1 fully saturated rings. The van der Waals surface area contributed by atoms with E-state index in [1.807, 2.05) is 26.0 Å². The van der Waals surface area contributed by atoms with Crippen molar-refractivity contribution in [2.75, 3.05) is 0 Å². The molecule has 0 aliphatic heterocycles. The van der Waals surface area contributed by atoms with E-state index in [-0.39, 0.29) is 0 Å². The SMILES string of the molecule is C1CCCCC1.CC=CC. The van der Waals surface area contributed by atoms with Crippen LogP contribution in [0.4, 0.5) is 0 Å². The van der Waals surface area contributed by atoms with E-state index in [1.54, 1.807) is 0 Å². The van der Waals surface area contributed by atoms with E-state index in [0.29, 0.717) is 0 Å². The topological polar surface area (TPSA) is 0 Å². The van der Waals surface area contributed by atoms with Crippen molar-refractivity contribution in [1.29, 1.82) is 0 Å². The van der Waals surface area contributed by atoms with Crippen LogP contribution in [-0.2, 0) is 0 Å². The molecule has 10 heavy (non-hydrogen) atoms. The first-order valence-electron chi connectivity index (χ1n) is 4.49. The van der Waals surface area contributed by atoms with Crippen LogP contribution in [0.2, 0.25) is 0 Å². The summed E-state index contributed by atoms with van der Waals surface area (Å²) in [5.74, 6) is 0. The first kappa shape index (κ1) is 9.74. The van der Waals surface area contributed by atoms with E-state index in [1.165, 1.54) is 38.5 Å².